The molecule has 0 unspecified atom stereocenters. The molecule has 8 nitrogen and oxygen atoms in total. The van der Waals surface area contributed by atoms with Gasteiger partial charge in [-0.15, -0.1) is 5.10 Å². The van der Waals surface area contributed by atoms with Crippen LogP contribution in [-0.2, 0) is 19.8 Å². The van der Waals surface area contributed by atoms with Crippen LogP contribution < -0.4 is 4.90 Å². The summed E-state index contributed by atoms with van der Waals surface area (Å²) < 4.78 is 12.4. The fraction of sp³-hybridized carbons (Fsp3) is 0.209. The van der Waals surface area contributed by atoms with Gasteiger partial charge in [0, 0.05) is 30.1 Å². The van der Waals surface area contributed by atoms with E-state index in [0.717, 1.165) is 45.8 Å². The zero-order valence-electron chi connectivity index (χ0n) is 29.1. The molecule has 1 aromatic heterocycles. The molecule has 2 heterocycles. The van der Waals surface area contributed by atoms with Gasteiger partial charge in [0.2, 0.25) is 6.79 Å². The number of piperidine rings is 1. The van der Waals surface area contributed by atoms with Crippen LogP contribution in [0.5, 0.6) is 0 Å². The molecule has 0 radical (unpaired) electrons. The Morgan fingerprint density at radius 2 is 1.19 bits per heavy atom. The molecule has 0 spiro atoms. The predicted octanol–water partition coefficient (Wildman–Crippen LogP) is 8.99. The third-order valence-corrected chi connectivity index (χ3v) is 10.4. The molecule has 9 heteroatoms. The Morgan fingerprint density at radius 3 is 1.71 bits per heavy atom. The van der Waals surface area contributed by atoms with Gasteiger partial charge in [-0.05, 0) is 71.3 Å². The van der Waals surface area contributed by atoms with Gasteiger partial charge in [-0.3, -0.25) is 4.79 Å². The first-order chi connectivity index (χ1) is 25.6. The van der Waals surface area contributed by atoms with Gasteiger partial charge >= 0.3 is 11.9 Å². The van der Waals surface area contributed by atoms with Crippen molar-refractivity contribution in [2.24, 2.45) is 0 Å². The number of hydrogen-bond donors (Lipinski definition) is 0. The van der Waals surface area contributed by atoms with Crippen LogP contribution >= 0.6 is 11.8 Å². The second-order valence-electron chi connectivity index (χ2n) is 12.6. The molecule has 52 heavy (non-hydrogen) atoms. The highest BCUT2D eigenvalue weighted by molar-refractivity contribution is 7.99. The molecule has 0 bridgehead atoms. The minimum atomic E-state index is -1.12. The lowest BCUT2D eigenvalue weighted by Gasteiger charge is -2.36. The zero-order chi connectivity index (χ0) is 35.8. The predicted molar refractivity (Wildman–Crippen MR) is 203 cm³/mol. The SMILES string of the molecule is CCC(=O)OCOC(=O)c1c(Sc2ccc(-c3ccc(N4CCCCC4)cc3)cc2)nnn1C(c1ccccc1)(c1ccccc1)c1ccccc1. The first kappa shape index (κ1) is 34.8. The number of aromatic nitrogens is 3. The number of carbonyl (C=O) groups is 2. The van der Waals surface area contributed by atoms with E-state index in [0.29, 0.717) is 5.03 Å². The smallest absolute Gasteiger partial charge is 0.362 e. The second-order valence-corrected chi connectivity index (χ2v) is 13.7. The lowest BCUT2D eigenvalue weighted by atomic mass is 9.77. The molecule has 262 valence electrons. The van der Waals surface area contributed by atoms with Gasteiger partial charge in [-0.2, -0.15) is 0 Å². The zero-order valence-corrected chi connectivity index (χ0v) is 29.9. The molecule has 1 aliphatic heterocycles. The topological polar surface area (TPSA) is 86.6 Å². The van der Waals surface area contributed by atoms with Gasteiger partial charge in [0.05, 0.1) is 0 Å². The number of benzene rings is 5. The van der Waals surface area contributed by atoms with E-state index < -0.39 is 24.3 Å². The van der Waals surface area contributed by atoms with Crippen LogP contribution in [0.2, 0.25) is 0 Å². The third kappa shape index (κ3) is 7.22. The van der Waals surface area contributed by atoms with Crippen molar-refractivity contribution in [2.75, 3.05) is 24.8 Å². The minimum Gasteiger partial charge on any atom is -0.428 e. The number of nitrogens with zero attached hydrogens (tertiary/aromatic N) is 4. The van der Waals surface area contributed by atoms with Gasteiger partial charge in [0.15, 0.2) is 10.7 Å². The van der Waals surface area contributed by atoms with Gasteiger partial charge in [0.1, 0.15) is 5.54 Å². The van der Waals surface area contributed by atoms with Gasteiger partial charge < -0.3 is 14.4 Å². The maximum atomic E-state index is 14.2. The molecule has 0 N–H and O–H groups in total. The molecular weight excluding hydrogens is 669 g/mol. The molecule has 0 saturated carbocycles. The molecular formula is C43H40N4O4S. The number of rotatable bonds is 12. The summed E-state index contributed by atoms with van der Waals surface area (Å²) in [6.45, 7) is 3.37. The van der Waals surface area contributed by atoms with E-state index in [1.54, 1.807) is 11.6 Å². The van der Waals surface area contributed by atoms with Gasteiger partial charge in [-0.25, -0.2) is 9.48 Å². The van der Waals surface area contributed by atoms with E-state index in [9.17, 15) is 9.59 Å². The maximum Gasteiger partial charge on any atom is 0.362 e. The second kappa shape index (κ2) is 16.1. The quantitative estimate of drug-likeness (QED) is 0.0708. The summed E-state index contributed by atoms with van der Waals surface area (Å²) in [4.78, 5) is 29.5. The van der Waals surface area contributed by atoms with Crippen molar-refractivity contribution < 1.29 is 19.1 Å². The van der Waals surface area contributed by atoms with Crippen molar-refractivity contribution in [3.05, 3.63) is 162 Å². The summed E-state index contributed by atoms with van der Waals surface area (Å²) >= 11 is 1.32. The van der Waals surface area contributed by atoms with Crippen LogP contribution in [0.4, 0.5) is 5.69 Å². The maximum absolute atomic E-state index is 14.2. The fourth-order valence-electron chi connectivity index (χ4n) is 6.81. The molecule has 7 rings (SSSR count). The fourth-order valence-corrected chi connectivity index (χ4v) is 7.65. The average Bonchev–Trinajstić information content (AvgIpc) is 3.63. The van der Waals surface area contributed by atoms with Crippen molar-refractivity contribution in [1.82, 2.24) is 15.0 Å². The van der Waals surface area contributed by atoms with Crippen molar-refractivity contribution >= 4 is 29.4 Å². The van der Waals surface area contributed by atoms with Crippen LogP contribution in [-0.4, -0.2) is 46.8 Å². The summed E-state index contributed by atoms with van der Waals surface area (Å²) in [5, 5.41) is 9.73. The molecule has 1 fully saturated rings. The van der Waals surface area contributed by atoms with E-state index in [-0.39, 0.29) is 12.1 Å². The molecule has 0 aliphatic carbocycles. The summed E-state index contributed by atoms with van der Waals surface area (Å²) in [6, 6.07) is 46.7. The molecule has 0 atom stereocenters. The summed E-state index contributed by atoms with van der Waals surface area (Å²) in [5.74, 6) is -1.18. The Hall–Kier alpha value is -5.67. The first-order valence-corrected chi connectivity index (χ1v) is 18.5. The Bertz CT molecular complexity index is 1980. The molecule has 1 saturated heterocycles. The van der Waals surface area contributed by atoms with E-state index >= 15 is 0 Å². The normalized spacial score (nSPS) is 13.1. The Labute approximate surface area is 308 Å². The highest BCUT2D eigenvalue weighted by Crippen LogP contribution is 2.43. The standard InChI is InChI=1S/C43H40N4O4S/c1-2-39(48)50-31-51-42(49)40-41(52-38-27-23-33(24-28-38)32-21-25-37(26-22-32)46-29-13-6-14-30-46)44-45-47(40)43(34-15-7-3-8-16-34,35-17-9-4-10-18-35)36-19-11-5-12-20-36/h3-5,7-12,15-28H,2,6,13-14,29-31H2,1H3. The minimum absolute atomic E-state index is 0.131. The Morgan fingerprint density at radius 1 is 0.673 bits per heavy atom. The molecule has 5 aromatic carbocycles. The molecule has 6 aromatic rings. The number of ether oxygens (including phenoxy) is 2. The van der Waals surface area contributed by atoms with Gasteiger partial charge in [-0.1, -0.05) is 139 Å². The number of anilines is 1. The molecule has 1 aliphatic rings. The van der Waals surface area contributed by atoms with Crippen LogP contribution in [0.3, 0.4) is 0 Å². The number of carbonyl (C=O) groups excluding carboxylic acids is 2. The largest absolute Gasteiger partial charge is 0.428 e. The monoisotopic (exact) mass is 708 g/mol. The van der Waals surface area contributed by atoms with Crippen LogP contribution in [0.1, 0.15) is 59.8 Å². The van der Waals surface area contributed by atoms with Gasteiger partial charge in [0.25, 0.3) is 0 Å². The third-order valence-electron chi connectivity index (χ3n) is 9.41. The van der Waals surface area contributed by atoms with Crippen molar-refractivity contribution in [3.63, 3.8) is 0 Å². The van der Waals surface area contributed by atoms with Crippen LogP contribution in [0, 0.1) is 0 Å². The number of esters is 2. The van der Waals surface area contributed by atoms with Crippen molar-refractivity contribution in [2.45, 2.75) is 48.1 Å². The van der Waals surface area contributed by atoms with Crippen molar-refractivity contribution in [3.8, 4) is 11.1 Å². The van der Waals surface area contributed by atoms with Crippen LogP contribution in [0.15, 0.2) is 149 Å². The Balaban J connectivity index is 1.29. The lowest BCUT2D eigenvalue weighted by Crippen LogP contribution is -2.41. The summed E-state index contributed by atoms with van der Waals surface area (Å²) in [5.41, 5.74) is 5.11. The van der Waals surface area contributed by atoms with E-state index in [2.05, 4.69) is 46.4 Å². The highest BCUT2D eigenvalue weighted by atomic mass is 32.2. The summed E-state index contributed by atoms with van der Waals surface area (Å²) in [7, 11) is 0. The van der Waals surface area contributed by atoms with E-state index in [1.165, 1.54) is 36.7 Å². The lowest BCUT2D eigenvalue weighted by molar-refractivity contribution is -0.151. The average molecular weight is 709 g/mol. The van der Waals surface area contributed by atoms with Crippen molar-refractivity contribution in [1.29, 1.82) is 0 Å². The Kier molecular flexibility index (Phi) is 10.8. The summed E-state index contributed by atoms with van der Waals surface area (Å²) in [6.07, 6.45) is 3.95. The van der Waals surface area contributed by atoms with E-state index in [4.69, 9.17) is 14.7 Å². The molecule has 0 amide bonds. The van der Waals surface area contributed by atoms with E-state index in [1.807, 2.05) is 103 Å². The van der Waals surface area contributed by atoms with Crippen LogP contribution in [0.25, 0.3) is 11.1 Å². The highest BCUT2D eigenvalue weighted by Gasteiger charge is 2.43. The number of hydrogen-bond acceptors (Lipinski definition) is 8. The first-order valence-electron chi connectivity index (χ1n) is 17.7.